The molecule has 1 aliphatic carbocycles. The lowest BCUT2D eigenvalue weighted by molar-refractivity contribution is -0.163. The van der Waals surface area contributed by atoms with Gasteiger partial charge >= 0.3 is 0 Å². The first-order chi connectivity index (χ1) is 10.5. The van der Waals surface area contributed by atoms with Gasteiger partial charge in [-0.25, -0.2) is 9.40 Å². The fourth-order valence-electron chi connectivity index (χ4n) is 3.76. The smallest absolute Gasteiger partial charge is 0.237 e. The molecule has 1 amide bonds. The third-order valence-corrected chi connectivity index (χ3v) is 4.59. The summed E-state index contributed by atoms with van der Waals surface area (Å²) in [5, 5.41) is 3.84. The van der Waals surface area contributed by atoms with Crippen molar-refractivity contribution in [3.8, 4) is 0 Å². The van der Waals surface area contributed by atoms with E-state index in [-0.39, 0.29) is 17.3 Å². The average molecular weight is 306 g/mol. The molecule has 0 bridgehead atoms. The van der Waals surface area contributed by atoms with Crippen LogP contribution in [-0.2, 0) is 11.2 Å². The monoisotopic (exact) mass is 306 g/mol. The van der Waals surface area contributed by atoms with Gasteiger partial charge in [0.1, 0.15) is 5.82 Å². The molecule has 1 saturated carbocycles. The molecular formula is C18H27FN2O. The lowest BCUT2D eigenvalue weighted by atomic mass is 9.76. The molecule has 122 valence electrons. The number of benzene rings is 1. The number of rotatable bonds is 5. The minimum Gasteiger partial charge on any atom is -0.273 e. The molecule has 0 radical (unpaired) electrons. The van der Waals surface area contributed by atoms with Crippen molar-refractivity contribution >= 4 is 5.91 Å². The fourth-order valence-corrected chi connectivity index (χ4v) is 3.76. The number of halogens is 1. The van der Waals surface area contributed by atoms with Crippen molar-refractivity contribution < 1.29 is 9.18 Å². The van der Waals surface area contributed by atoms with Crippen LogP contribution < -0.4 is 0 Å². The number of amides is 1. The molecule has 0 atom stereocenters. The molecule has 22 heavy (non-hydrogen) atoms. The standard InChI is InChI=1S/C18H27FN2O/c1-4-17(22)21(20(2)3)18(11-6-5-7-12-18)14-15-9-8-10-16(19)13-15/h8-10,13H,4-7,11-12,14H2,1-3H3. The van der Waals surface area contributed by atoms with Crippen molar-refractivity contribution in [2.45, 2.75) is 57.4 Å². The Kier molecular flexibility index (Phi) is 5.57. The second kappa shape index (κ2) is 7.23. The predicted molar refractivity (Wildman–Crippen MR) is 86.7 cm³/mol. The Morgan fingerprint density at radius 1 is 1.23 bits per heavy atom. The van der Waals surface area contributed by atoms with Crippen LogP contribution in [0.25, 0.3) is 0 Å². The average Bonchev–Trinajstić information content (AvgIpc) is 2.47. The minimum absolute atomic E-state index is 0.142. The lowest BCUT2D eigenvalue weighted by Gasteiger charge is -2.49. The first-order valence-electron chi connectivity index (χ1n) is 8.23. The van der Waals surface area contributed by atoms with Crippen LogP contribution in [0.15, 0.2) is 24.3 Å². The van der Waals surface area contributed by atoms with Crippen molar-refractivity contribution in [2.75, 3.05) is 14.1 Å². The summed E-state index contributed by atoms with van der Waals surface area (Å²) >= 11 is 0. The molecule has 1 aromatic carbocycles. The zero-order valence-corrected chi connectivity index (χ0v) is 13.9. The number of carbonyl (C=O) groups is 1. The predicted octanol–water partition coefficient (Wildman–Crippen LogP) is 3.79. The fraction of sp³-hybridized carbons (Fsp3) is 0.611. The molecule has 0 aromatic heterocycles. The van der Waals surface area contributed by atoms with Gasteiger partial charge in [-0.1, -0.05) is 38.3 Å². The maximum absolute atomic E-state index is 13.5. The van der Waals surface area contributed by atoms with Crippen LogP contribution in [0.4, 0.5) is 4.39 Å². The zero-order valence-electron chi connectivity index (χ0n) is 13.9. The van der Waals surface area contributed by atoms with E-state index < -0.39 is 0 Å². The van der Waals surface area contributed by atoms with Crippen LogP contribution in [0, 0.1) is 5.82 Å². The van der Waals surface area contributed by atoms with Gasteiger partial charge in [-0.3, -0.25) is 9.80 Å². The number of carbonyl (C=O) groups excluding carboxylic acids is 1. The molecule has 2 rings (SSSR count). The van der Waals surface area contributed by atoms with Gasteiger partial charge < -0.3 is 0 Å². The van der Waals surface area contributed by atoms with Gasteiger partial charge in [0.15, 0.2) is 0 Å². The van der Waals surface area contributed by atoms with E-state index in [9.17, 15) is 9.18 Å². The highest BCUT2D eigenvalue weighted by Crippen LogP contribution is 2.37. The Hall–Kier alpha value is -1.42. The third kappa shape index (κ3) is 3.67. The molecule has 4 heteroatoms. The molecular weight excluding hydrogens is 279 g/mol. The summed E-state index contributed by atoms with van der Waals surface area (Å²) in [5.41, 5.74) is 0.750. The summed E-state index contributed by atoms with van der Waals surface area (Å²) in [6, 6.07) is 6.78. The largest absolute Gasteiger partial charge is 0.273 e. The topological polar surface area (TPSA) is 23.6 Å². The molecule has 0 heterocycles. The van der Waals surface area contributed by atoms with E-state index in [2.05, 4.69) is 0 Å². The number of hydrazine groups is 1. The second-order valence-corrected chi connectivity index (χ2v) is 6.50. The van der Waals surface area contributed by atoms with Gasteiger partial charge in [0.2, 0.25) is 5.91 Å². The molecule has 3 nitrogen and oxygen atoms in total. The number of nitrogens with zero attached hydrogens (tertiary/aromatic N) is 2. The van der Waals surface area contributed by atoms with Crippen LogP contribution in [0.2, 0.25) is 0 Å². The Bertz CT molecular complexity index is 510. The Balaban J connectivity index is 2.35. The van der Waals surface area contributed by atoms with Crippen LogP contribution >= 0.6 is 0 Å². The molecule has 0 unspecified atom stereocenters. The summed E-state index contributed by atoms with van der Waals surface area (Å²) in [6.07, 6.45) is 6.62. The molecule has 1 fully saturated rings. The molecule has 0 N–H and O–H groups in total. The van der Waals surface area contributed by atoms with Crippen LogP contribution in [0.5, 0.6) is 0 Å². The van der Waals surface area contributed by atoms with Crippen molar-refractivity contribution in [1.82, 2.24) is 10.0 Å². The van der Waals surface area contributed by atoms with Crippen molar-refractivity contribution in [3.05, 3.63) is 35.6 Å². The van der Waals surface area contributed by atoms with E-state index in [4.69, 9.17) is 0 Å². The SMILES string of the molecule is CCC(=O)N(N(C)C)C1(Cc2cccc(F)c2)CCCCC1. The van der Waals surface area contributed by atoms with Gasteiger partial charge in [-0.15, -0.1) is 0 Å². The normalized spacial score (nSPS) is 17.5. The van der Waals surface area contributed by atoms with Crippen molar-refractivity contribution in [3.63, 3.8) is 0 Å². The zero-order chi connectivity index (χ0) is 16.2. The van der Waals surface area contributed by atoms with E-state index in [0.717, 1.165) is 31.2 Å². The third-order valence-electron chi connectivity index (χ3n) is 4.59. The maximum Gasteiger partial charge on any atom is 0.237 e. The molecule has 0 spiro atoms. The Labute approximate surface area is 133 Å². The van der Waals surface area contributed by atoms with Crippen LogP contribution in [-0.4, -0.2) is 35.6 Å². The number of hydrogen-bond acceptors (Lipinski definition) is 2. The van der Waals surface area contributed by atoms with Gasteiger partial charge in [-0.2, -0.15) is 0 Å². The summed E-state index contributed by atoms with van der Waals surface area (Å²) in [4.78, 5) is 12.5. The molecule has 0 aliphatic heterocycles. The highest BCUT2D eigenvalue weighted by atomic mass is 19.1. The maximum atomic E-state index is 13.5. The quantitative estimate of drug-likeness (QED) is 0.773. The van der Waals surface area contributed by atoms with Gasteiger partial charge in [0.25, 0.3) is 0 Å². The van der Waals surface area contributed by atoms with Crippen molar-refractivity contribution in [2.24, 2.45) is 0 Å². The van der Waals surface area contributed by atoms with Crippen LogP contribution in [0.1, 0.15) is 51.0 Å². The molecule has 1 aromatic rings. The van der Waals surface area contributed by atoms with Crippen LogP contribution in [0.3, 0.4) is 0 Å². The highest BCUT2D eigenvalue weighted by molar-refractivity contribution is 5.76. The summed E-state index contributed by atoms with van der Waals surface area (Å²) < 4.78 is 13.5. The number of hydrogen-bond donors (Lipinski definition) is 0. The first-order valence-corrected chi connectivity index (χ1v) is 8.23. The Morgan fingerprint density at radius 2 is 1.91 bits per heavy atom. The highest BCUT2D eigenvalue weighted by Gasteiger charge is 2.41. The summed E-state index contributed by atoms with van der Waals surface area (Å²) in [6.45, 7) is 1.90. The summed E-state index contributed by atoms with van der Waals surface area (Å²) in [5.74, 6) is -0.0648. The minimum atomic E-state index is -0.220. The second-order valence-electron chi connectivity index (χ2n) is 6.50. The van der Waals surface area contributed by atoms with Gasteiger partial charge in [0.05, 0.1) is 5.54 Å². The van der Waals surface area contributed by atoms with E-state index in [1.54, 1.807) is 12.1 Å². The lowest BCUT2D eigenvalue weighted by Crippen LogP contribution is -2.59. The van der Waals surface area contributed by atoms with Gasteiger partial charge in [-0.05, 0) is 37.0 Å². The van der Waals surface area contributed by atoms with Crippen molar-refractivity contribution in [1.29, 1.82) is 0 Å². The van der Waals surface area contributed by atoms with E-state index in [0.29, 0.717) is 12.8 Å². The van der Waals surface area contributed by atoms with Gasteiger partial charge in [0, 0.05) is 20.5 Å². The van der Waals surface area contributed by atoms with E-state index in [1.165, 1.54) is 12.5 Å². The van der Waals surface area contributed by atoms with E-state index in [1.807, 2.05) is 37.1 Å². The first kappa shape index (κ1) is 16.9. The summed E-state index contributed by atoms with van der Waals surface area (Å²) in [7, 11) is 3.85. The van der Waals surface area contributed by atoms with E-state index >= 15 is 0 Å². The molecule has 1 aliphatic rings. The molecule has 0 saturated heterocycles. The Morgan fingerprint density at radius 3 is 2.45 bits per heavy atom.